The number of halogens is 2. The van der Waals surface area contributed by atoms with Crippen LogP contribution >= 0.6 is 23.2 Å². The largest absolute Gasteiger partial charge is 0.355 e. The molecule has 0 radical (unpaired) electrons. The average Bonchev–Trinajstić information content (AvgIpc) is 1.77. The first-order chi connectivity index (χ1) is 4.13. The molecule has 1 heterocycles. The van der Waals surface area contributed by atoms with Crippen LogP contribution in [0.25, 0.3) is 0 Å². The minimum Gasteiger partial charge on any atom is -0.355 e. The van der Waals surface area contributed by atoms with Gasteiger partial charge in [-0.3, -0.25) is 0 Å². The molecule has 0 N–H and O–H groups in total. The van der Waals surface area contributed by atoms with Gasteiger partial charge in [-0.15, -0.1) is 0 Å². The Hall–Kier alpha value is 0.280. The van der Waals surface area contributed by atoms with E-state index in [1.807, 2.05) is 6.08 Å². The molecule has 0 saturated heterocycles. The zero-order chi connectivity index (χ0) is 6.91. The van der Waals surface area contributed by atoms with Crippen LogP contribution in [0.3, 0.4) is 0 Å². The first kappa shape index (κ1) is 7.39. The molecule has 0 aromatic heterocycles. The number of hydrogen-bond acceptors (Lipinski definition) is 1. The highest BCUT2D eigenvalue weighted by molar-refractivity contribution is 6.38. The maximum Gasteiger partial charge on any atom is 0.174 e. The highest BCUT2D eigenvalue weighted by atomic mass is 35.5. The highest BCUT2D eigenvalue weighted by Crippen LogP contribution is 2.32. The van der Waals surface area contributed by atoms with Gasteiger partial charge in [0.2, 0.25) is 0 Å². The second kappa shape index (κ2) is 2.49. The molecule has 0 aromatic rings. The van der Waals surface area contributed by atoms with Crippen molar-refractivity contribution < 1.29 is 4.74 Å². The molecular formula is C6H8Cl2O. The first-order valence-corrected chi connectivity index (χ1v) is 3.57. The van der Waals surface area contributed by atoms with E-state index in [4.69, 9.17) is 27.9 Å². The summed E-state index contributed by atoms with van der Waals surface area (Å²) >= 11 is 11.5. The van der Waals surface area contributed by atoms with Gasteiger partial charge in [-0.2, -0.15) is 0 Å². The molecule has 9 heavy (non-hydrogen) atoms. The van der Waals surface area contributed by atoms with Crippen LogP contribution in [0.4, 0.5) is 0 Å². The third-order valence-electron chi connectivity index (χ3n) is 1.24. The summed E-state index contributed by atoms with van der Waals surface area (Å²) in [5.74, 6) is 0. The Morgan fingerprint density at radius 2 is 2.44 bits per heavy atom. The number of hydrogen-bond donors (Lipinski definition) is 0. The molecule has 0 amide bonds. The fraction of sp³-hybridized carbons (Fsp3) is 0.667. The predicted octanol–water partition coefficient (Wildman–Crippen LogP) is 2.48. The molecule has 3 heteroatoms. The lowest BCUT2D eigenvalue weighted by Crippen LogP contribution is -2.25. The van der Waals surface area contributed by atoms with Crippen molar-refractivity contribution in [3.05, 3.63) is 11.1 Å². The minimum absolute atomic E-state index is 0.593. The van der Waals surface area contributed by atoms with Crippen molar-refractivity contribution in [3.8, 4) is 0 Å². The molecule has 1 aliphatic heterocycles. The van der Waals surface area contributed by atoms with Crippen LogP contribution < -0.4 is 0 Å². The SMILES string of the molecule is CC1(Cl)OCCC=C1Cl. The molecule has 1 rings (SSSR count). The van der Waals surface area contributed by atoms with Crippen molar-refractivity contribution in [1.82, 2.24) is 0 Å². The van der Waals surface area contributed by atoms with Crippen LogP contribution in [-0.4, -0.2) is 11.7 Å². The molecular weight excluding hydrogens is 159 g/mol. The van der Waals surface area contributed by atoms with Gasteiger partial charge in [0.1, 0.15) is 0 Å². The number of ether oxygens (including phenoxy) is 1. The molecule has 52 valence electrons. The standard InChI is InChI=1S/C6H8Cl2O/c1-6(8)5(7)3-2-4-9-6/h3H,2,4H2,1H3. The van der Waals surface area contributed by atoms with E-state index in [9.17, 15) is 0 Å². The minimum atomic E-state index is -0.764. The Bertz CT molecular complexity index is 140. The van der Waals surface area contributed by atoms with Gasteiger partial charge in [0.25, 0.3) is 0 Å². The lowest BCUT2D eigenvalue weighted by atomic mass is 10.2. The van der Waals surface area contributed by atoms with Crippen LogP contribution in [0.15, 0.2) is 11.1 Å². The Balaban J connectivity index is 2.73. The van der Waals surface area contributed by atoms with E-state index < -0.39 is 5.06 Å². The molecule has 0 bridgehead atoms. The van der Waals surface area contributed by atoms with Crippen molar-refractivity contribution in [3.63, 3.8) is 0 Å². The van der Waals surface area contributed by atoms with Crippen LogP contribution in [0.1, 0.15) is 13.3 Å². The van der Waals surface area contributed by atoms with Gasteiger partial charge in [0.05, 0.1) is 11.6 Å². The van der Waals surface area contributed by atoms with Crippen LogP contribution in [0.2, 0.25) is 0 Å². The van der Waals surface area contributed by atoms with Crippen LogP contribution in [0.5, 0.6) is 0 Å². The summed E-state index contributed by atoms with van der Waals surface area (Å²) in [5.41, 5.74) is 0. The van der Waals surface area contributed by atoms with E-state index in [-0.39, 0.29) is 0 Å². The lowest BCUT2D eigenvalue weighted by Gasteiger charge is -2.25. The van der Waals surface area contributed by atoms with Crippen LogP contribution in [0, 0.1) is 0 Å². The molecule has 1 nitrogen and oxygen atoms in total. The van der Waals surface area contributed by atoms with Gasteiger partial charge < -0.3 is 4.74 Å². The summed E-state index contributed by atoms with van der Waals surface area (Å²) in [6.07, 6.45) is 2.75. The summed E-state index contributed by atoms with van der Waals surface area (Å²) in [7, 11) is 0. The van der Waals surface area contributed by atoms with Gasteiger partial charge in [0.15, 0.2) is 5.06 Å². The number of rotatable bonds is 0. The van der Waals surface area contributed by atoms with Crippen molar-refractivity contribution in [1.29, 1.82) is 0 Å². The van der Waals surface area contributed by atoms with Crippen LogP contribution in [-0.2, 0) is 4.74 Å². The summed E-state index contributed by atoms with van der Waals surface area (Å²) in [6.45, 7) is 2.41. The average molecular weight is 167 g/mol. The molecule has 1 unspecified atom stereocenters. The topological polar surface area (TPSA) is 9.23 Å². The van der Waals surface area contributed by atoms with Gasteiger partial charge in [0, 0.05) is 0 Å². The molecule has 1 atom stereocenters. The van der Waals surface area contributed by atoms with Gasteiger partial charge in [-0.1, -0.05) is 29.3 Å². The predicted molar refractivity (Wildman–Crippen MR) is 38.8 cm³/mol. The normalized spacial score (nSPS) is 36.1. The Morgan fingerprint density at radius 3 is 2.78 bits per heavy atom. The molecule has 0 fully saturated rings. The Morgan fingerprint density at radius 1 is 1.78 bits per heavy atom. The third-order valence-corrected chi connectivity index (χ3v) is 2.17. The summed E-state index contributed by atoms with van der Waals surface area (Å²) in [5, 5.41) is -0.171. The van der Waals surface area contributed by atoms with E-state index in [0.29, 0.717) is 11.6 Å². The summed E-state index contributed by atoms with van der Waals surface area (Å²) < 4.78 is 5.14. The molecule has 1 aliphatic rings. The van der Waals surface area contributed by atoms with Crippen molar-refractivity contribution in [2.75, 3.05) is 6.61 Å². The Labute approximate surface area is 64.6 Å². The maximum atomic E-state index is 5.80. The lowest BCUT2D eigenvalue weighted by molar-refractivity contribution is 0.0577. The van der Waals surface area contributed by atoms with E-state index >= 15 is 0 Å². The Kier molecular flexibility index (Phi) is 2.04. The third kappa shape index (κ3) is 1.60. The smallest absolute Gasteiger partial charge is 0.174 e. The first-order valence-electron chi connectivity index (χ1n) is 2.82. The monoisotopic (exact) mass is 166 g/mol. The van der Waals surface area contributed by atoms with Crippen molar-refractivity contribution in [2.24, 2.45) is 0 Å². The van der Waals surface area contributed by atoms with E-state index in [2.05, 4.69) is 0 Å². The van der Waals surface area contributed by atoms with Gasteiger partial charge in [-0.25, -0.2) is 0 Å². The fourth-order valence-electron chi connectivity index (χ4n) is 0.687. The van der Waals surface area contributed by atoms with E-state index in [0.717, 1.165) is 6.42 Å². The number of alkyl halides is 1. The molecule has 0 aromatic carbocycles. The molecule has 0 aliphatic carbocycles. The summed E-state index contributed by atoms with van der Waals surface area (Å²) in [6, 6.07) is 0. The van der Waals surface area contributed by atoms with E-state index in [1.54, 1.807) is 6.92 Å². The zero-order valence-electron chi connectivity index (χ0n) is 5.16. The second-order valence-corrected chi connectivity index (χ2v) is 3.23. The van der Waals surface area contributed by atoms with Gasteiger partial charge >= 0.3 is 0 Å². The van der Waals surface area contributed by atoms with E-state index in [1.165, 1.54) is 0 Å². The molecule has 0 saturated carbocycles. The highest BCUT2D eigenvalue weighted by Gasteiger charge is 2.27. The maximum absolute atomic E-state index is 5.80. The molecule has 0 spiro atoms. The van der Waals surface area contributed by atoms with Gasteiger partial charge in [-0.05, 0) is 13.3 Å². The summed E-state index contributed by atoms with van der Waals surface area (Å²) in [4.78, 5) is 0. The quantitative estimate of drug-likeness (QED) is 0.503. The fourth-order valence-corrected chi connectivity index (χ4v) is 1.01. The second-order valence-electron chi connectivity index (χ2n) is 2.11. The zero-order valence-corrected chi connectivity index (χ0v) is 6.67. The van der Waals surface area contributed by atoms with Crippen molar-refractivity contribution in [2.45, 2.75) is 18.4 Å². The van der Waals surface area contributed by atoms with Crippen molar-refractivity contribution >= 4 is 23.2 Å².